The number of hydrogen-bond donors (Lipinski definition) is 5. The lowest BCUT2D eigenvalue weighted by Crippen LogP contribution is -2.62. The van der Waals surface area contributed by atoms with E-state index in [1.54, 1.807) is 51.2 Å². The van der Waals surface area contributed by atoms with Gasteiger partial charge in [-0.05, 0) is 86.6 Å². The number of aliphatic hydroxyl groups excluding tert-OH is 1. The van der Waals surface area contributed by atoms with Crippen LogP contribution in [-0.2, 0) is 32.0 Å². The molecule has 2 bridgehead atoms. The van der Waals surface area contributed by atoms with E-state index in [9.17, 15) is 41.4 Å². The highest BCUT2D eigenvalue weighted by Crippen LogP contribution is 2.41. The van der Waals surface area contributed by atoms with Crippen molar-refractivity contribution in [3.63, 3.8) is 0 Å². The van der Waals surface area contributed by atoms with Crippen LogP contribution in [-0.4, -0.2) is 136 Å². The molecule has 2 aromatic carbocycles. The van der Waals surface area contributed by atoms with Crippen LogP contribution in [0.5, 0.6) is 0 Å². The van der Waals surface area contributed by atoms with Gasteiger partial charge < -0.3 is 35.8 Å². The molecule has 16 nitrogen and oxygen atoms in total. The lowest BCUT2D eigenvalue weighted by atomic mass is 9.82. The average Bonchev–Trinajstić information content (AvgIpc) is 3.91. The average molecular weight is 1040 g/mol. The molecule has 74 heavy (non-hydrogen) atoms. The van der Waals surface area contributed by atoms with Gasteiger partial charge >= 0.3 is 18.8 Å². The monoisotopic (exact) mass is 1040 g/mol. The molecular weight excluding hydrogens is 982 g/mol. The number of hydrogen-bond acceptors (Lipinski definition) is 12. The van der Waals surface area contributed by atoms with Crippen molar-refractivity contribution in [3.05, 3.63) is 101 Å². The number of amides is 3. The molecule has 3 aliphatic rings. The first-order chi connectivity index (χ1) is 34.8. The summed E-state index contributed by atoms with van der Waals surface area (Å²) in [5, 5.41) is 20.9. The van der Waals surface area contributed by atoms with Crippen molar-refractivity contribution >= 4 is 23.7 Å². The van der Waals surface area contributed by atoms with Gasteiger partial charge in [-0.25, -0.2) is 28.3 Å². The maximum absolute atomic E-state index is 15.9. The molecule has 2 aromatic heterocycles. The normalized spacial score (nSPS) is 19.0. The summed E-state index contributed by atoms with van der Waals surface area (Å²) in [6.07, 6.45) is -3.62. The van der Waals surface area contributed by atoms with Gasteiger partial charge in [0.05, 0.1) is 55.7 Å². The number of anilines is 1. The summed E-state index contributed by atoms with van der Waals surface area (Å²) in [4.78, 5) is 49.6. The van der Waals surface area contributed by atoms with Gasteiger partial charge in [-0.1, -0.05) is 44.7 Å². The number of fused-ring (bicyclic) bond motifs is 2. The van der Waals surface area contributed by atoms with Gasteiger partial charge in [-0.3, -0.25) is 19.9 Å². The number of hydrazine groups is 1. The molecular formula is C51H61F7N10O6. The first kappa shape index (κ1) is 55.4. The molecule has 3 fully saturated rings. The van der Waals surface area contributed by atoms with E-state index in [0.29, 0.717) is 53.3 Å². The number of halogens is 7. The number of carbonyl (C=O) groups excluding carboxylic acids is 3. The van der Waals surface area contributed by atoms with Crippen molar-refractivity contribution in [1.29, 1.82) is 0 Å². The van der Waals surface area contributed by atoms with E-state index in [2.05, 4.69) is 42.2 Å². The van der Waals surface area contributed by atoms with Crippen LogP contribution < -0.4 is 26.7 Å². The first-order valence-electron chi connectivity index (χ1n) is 24.0. The van der Waals surface area contributed by atoms with Gasteiger partial charge in [0, 0.05) is 72.9 Å². The predicted molar refractivity (Wildman–Crippen MR) is 258 cm³/mol. The van der Waals surface area contributed by atoms with E-state index in [4.69, 9.17) is 15.5 Å². The van der Waals surface area contributed by atoms with Gasteiger partial charge in [0.1, 0.15) is 23.5 Å². The number of nitrogens with two attached hydrogens (primary N) is 1. The number of nitrogens with zero attached hydrogens (tertiary/aromatic N) is 6. The van der Waals surface area contributed by atoms with E-state index < -0.39 is 96.0 Å². The second kappa shape index (κ2) is 22.7. The number of piperazine rings is 1. The summed E-state index contributed by atoms with van der Waals surface area (Å²) in [6, 6.07) is 9.54. The second-order valence-electron chi connectivity index (χ2n) is 20.5. The molecule has 0 spiro atoms. The van der Waals surface area contributed by atoms with Crippen LogP contribution in [0.2, 0.25) is 0 Å². The maximum atomic E-state index is 15.9. The molecule has 6 N–H and O–H groups in total. The third kappa shape index (κ3) is 12.9. The highest BCUT2D eigenvalue weighted by Gasteiger charge is 2.56. The number of nitrogens with one attached hydrogen (secondary N) is 3. The van der Waals surface area contributed by atoms with Gasteiger partial charge in [0.2, 0.25) is 5.91 Å². The number of pyridine rings is 1. The Morgan fingerprint density at radius 3 is 2.05 bits per heavy atom. The standard InChI is InChI=1S/C51H61F7N10O6/c1-49(2,3)43(59)45(70)64-66(25-36-37(52)20-32(21-38(36)53)39-17-18-67(63-39)47(54)55)26-41(69)40(61-46(71)44(62-48(72)73-6)50(4,5)51(56,57)58)19-30-10-7-29(8-11-30)9-12-31-13-16-42(60-22-31)65-23-33-14-15-34(24-65)68(33)35-27-74-28-35/h7-8,10-11,13,16-18,20-22,33-35,40-41,43-44,47,69H,14-15,19,23-28,59H2,1-6H3,(H,61,71)(H,62,72)(H,64,70)/t33?,34?,40-,41-,43+,44+/m0/s1. The fourth-order valence-corrected chi connectivity index (χ4v) is 9.16. The third-order valence-corrected chi connectivity index (χ3v) is 13.9. The molecule has 3 saturated heterocycles. The summed E-state index contributed by atoms with van der Waals surface area (Å²) in [7, 11) is 0.894. The number of benzene rings is 2. The number of methoxy groups -OCH3 is 1. The van der Waals surface area contributed by atoms with Crippen molar-refractivity contribution < 1.29 is 59.7 Å². The van der Waals surface area contributed by atoms with Crippen LogP contribution in [0.25, 0.3) is 11.3 Å². The minimum absolute atomic E-state index is 0.173. The number of carbonyl (C=O) groups is 3. The van der Waals surface area contributed by atoms with Gasteiger partial charge in [-0.2, -0.15) is 27.1 Å². The molecule has 7 rings (SSSR count). The maximum Gasteiger partial charge on any atom is 0.407 e. The zero-order valence-corrected chi connectivity index (χ0v) is 41.7. The number of rotatable bonds is 17. The summed E-state index contributed by atoms with van der Waals surface area (Å²) >= 11 is 0. The first-order valence-corrected chi connectivity index (χ1v) is 24.0. The van der Waals surface area contributed by atoms with E-state index in [1.165, 1.54) is 0 Å². The second-order valence-corrected chi connectivity index (χ2v) is 20.5. The zero-order valence-electron chi connectivity index (χ0n) is 41.7. The van der Waals surface area contributed by atoms with E-state index >= 15 is 8.78 Å². The number of aliphatic hydroxyl groups is 1. The number of alkyl carbamates (subject to hydrolysis) is 1. The Labute approximate surface area is 424 Å². The fraction of sp³-hybridized carbons (Fsp3) is 0.510. The molecule has 0 radical (unpaired) electrons. The van der Waals surface area contributed by atoms with E-state index in [1.807, 2.05) is 17.4 Å². The quantitative estimate of drug-likeness (QED) is 0.0495. The van der Waals surface area contributed by atoms with Crippen molar-refractivity contribution in [1.82, 2.24) is 40.7 Å². The molecule has 0 aliphatic carbocycles. The van der Waals surface area contributed by atoms with Crippen molar-refractivity contribution in [2.45, 2.75) is 116 Å². The molecule has 0 saturated carbocycles. The number of aromatic nitrogens is 3. The summed E-state index contributed by atoms with van der Waals surface area (Å²) < 4.78 is 112. The Balaban J connectivity index is 1.13. The Morgan fingerprint density at radius 1 is 0.905 bits per heavy atom. The molecule has 5 heterocycles. The summed E-state index contributed by atoms with van der Waals surface area (Å²) in [5.74, 6) is 2.44. The molecule has 4 aromatic rings. The Hall–Kier alpha value is -6.32. The van der Waals surface area contributed by atoms with Crippen molar-refractivity contribution in [3.8, 4) is 23.1 Å². The molecule has 400 valence electrons. The topological polar surface area (TPSA) is 192 Å². The number of alkyl halides is 5. The fourth-order valence-electron chi connectivity index (χ4n) is 9.16. The van der Waals surface area contributed by atoms with Gasteiger partial charge in [0.25, 0.3) is 5.91 Å². The number of ether oxygens (including phenoxy) is 2. The SMILES string of the molecule is COC(=O)N[C@H](C(=O)N[C@@H](Cc1ccc(C#Cc2ccc(N3CC4CCC(C3)N4C3COC3)nc2)cc1)[C@@H](O)CN(Cc1c(F)cc(-c2ccn(C(F)F)n2)cc1F)NC(=O)[C@@H](N)C(C)(C)C)C(C)(C)C(F)(F)F. The smallest absolute Gasteiger partial charge is 0.407 e. The van der Waals surface area contributed by atoms with Crippen LogP contribution in [0, 0.1) is 34.3 Å². The third-order valence-electron chi connectivity index (χ3n) is 13.9. The predicted octanol–water partition coefficient (Wildman–Crippen LogP) is 5.68. The van der Waals surface area contributed by atoms with Crippen LogP contribution in [0.3, 0.4) is 0 Å². The lowest BCUT2D eigenvalue weighted by Gasteiger charge is -2.47. The van der Waals surface area contributed by atoms with Crippen LogP contribution in [0.4, 0.5) is 41.3 Å². The molecule has 3 amide bonds. The van der Waals surface area contributed by atoms with Crippen molar-refractivity contribution in [2.75, 3.05) is 44.9 Å². The van der Waals surface area contributed by atoms with Crippen LogP contribution in [0.1, 0.15) is 76.3 Å². The van der Waals surface area contributed by atoms with E-state index in [-0.39, 0.29) is 17.7 Å². The summed E-state index contributed by atoms with van der Waals surface area (Å²) in [6.45, 7) is 5.13. The Kier molecular flexibility index (Phi) is 17.0. The Morgan fingerprint density at radius 2 is 1.53 bits per heavy atom. The van der Waals surface area contributed by atoms with Crippen LogP contribution in [0.15, 0.2) is 67.0 Å². The minimum Gasteiger partial charge on any atom is -0.453 e. The zero-order chi connectivity index (χ0) is 53.9. The van der Waals surface area contributed by atoms with Gasteiger partial charge in [-0.15, -0.1) is 0 Å². The highest BCUT2D eigenvalue weighted by atomic mass is 19.4. The molecule has 23 heteroatoms. The molecule has 2 unspecified atom stereocenters. The van der Waals surface area contributed by atoms with Crippen LogP contribution >= 0.6 is 0 Å². The highest BCUT2D eigenvalue weighted by molar-refractivity contribution is 5.87. The molecule has 6 atom stereocenters. The summed E-state index contributed by atoms with van der Waals surface area (Å²) in [5.41, 5.74) is 5.58. The lowest BCUT2D eigenvalue weighted by molar-refractivity contribution is -0.220. The van der Waals surface area contributed by atoms with E-state index in [0.717, 1.165) is 81.5 Å². The largest absolute Gasteiger partial charge is 0.453 e. The van der Waals surface area contributed by atoms with Gasteiger partial charge in [0.15, 0.2) is 0 Å². The Bertz CT molecular complexity index is 2650. The minimum atomic E-state index is -5.06. The van der Waals surface area contributed by atoms with Crippen molar-refractivity contribution in [2.24, 2.45) is 16.6 Å². The molecule has 3 aliphatic heterocycles.